The Balaban J connectivity index is 1.48. The number of hydrogen-bond acceptors (Lipinski definition) is 5. The van der Waals surface area contributed by atoms with E-state index in [1.165, 1.54) is 12.8 Å². The molecular formula is C18H23N5O3. The molecule has 2 aliphatic heterocycles. The maximum atomic E-state index is 12.9. The largest absolute Gasteiger partial charge is 0.455 e. The van der Waals surface area contributed by atoms with E-state index in [4.69, 9.17) is 4.42 Å². The molecule has 2 amide bonds. The van der Waals surface area contributed by atoms with Crippen LogP contribution in [-0.2, 0) is 17.8 Å². The van der Waals surface area contributed by atoms with Gasteiger partial charge in [0.1, 0.15) is 11.8 Å². The van der Waals surface area contributed by atoms with Crippen molar-refractivity contribution < 1.29 is 14.0 Å². The highest BCUT2D eigenvalue weighted by atomic mass is 16.4. The lowest BCUT2D eigenvalue weighted by Crippen LogP contribution is -2.58. The fourth-order valence-electron chi connectivity index (χ4n) is 3.65. The second kappa shape index (κ2) is 7.33. The molecule has 1 atom stereocenters. The van der Waals surface area contributed by atoms with Crippen LogP contribution < -0.4 is 5.32 Å². The van der Waals surface area contributed by atoms with Gasteiger partial charge in [-0.25, -0.2) is 4.98 Å². The van der Waals surface area contributed by atoms with Crippen molar-refractivity contribution in [3.63, 3.8) is 0 Å². The summed E-state index contributed by atoms with van der Waals surface area (Å²) in [5, 5.41) is 2.83. The molecule has 2 saturated heterocycles. The second-order valence-corrected chi connectivity index (χ2v) is 6.84. The summed E-state index contributed by atoms with van der Waals surface area (Å²) in [5.74, 6) is 0.699. The Hall–Kier alpha value is -2.61. The number of rotatable bonds is 5. The number of carbonyl (C=O) groups excluding carboxylic acids is 2. The molecule has 2 aliphatic rings. The first-order valence-electron chi connectivity index (χ1n) is 9.08. The summed E-state index contributed by atoms with van der Waals surface area (Å²) < 4.78 is 5.79. The van der Waals surface area contributed by atoms with Gasteiger partial charge in [0.25, 0.3) is 5.91 Å². The topological polar surface area (TPSA) is 94.5 Å². The van der Waals surface area contributed by atoms with Crippen molar-refractivity contribution in [3.05, 3.63) is 41.9 Å². The van der Waals surface area contributed by atoms with Crippen molar-refractivity contribution in [2.24, 2.45) is 0 Å². The van der Waals surface area contributed by atoms with Crippen LogP contribution in [0.3, 0.4) is 0 Å². The smallest absolute Gasteiger partial charge is 0.290 e. The van der Waals surface area contributed by atoms with Crippen LogP contribution in [0, 0.1) is 0 Å². The van der Waals surface area contributed by atoms with Crippen LogP contribution in [0.2, 0.25) is 0 Å². The molecule has 4 rings (SSSR count). The Kier molecular flexibility index (Phi) is 4.75. The Labute approximate surface area is 151 Å². The third-order valence-electron chi connectivity index (χ3n) is 5.01. The van der Waals surface area contributed by atoms with Crippen molar-refractivity contribution in [1.82, 2.24) is 25.1 Å². The number of aromatic nitrogens is 2. The number of carbonyl (C=O) groups is 2. The molecule has 0 radical (unpaired) electrons. The summed E-state index contributed by atoms with van der Waals surface area (Å²) in [4.78, 5) is 36.2. The van der Waals surface area contributed by atoms with E-state index in [-0.39, 0.29) is 11.8 Å². The average molecular weight is 357 g/mol. The van der Waals surface area contributed by atoms with Crippen LogP contribution in [0.1, 0.15) is 34.9 Å². The lowest BCUT2D eigenvalue weighted by molar-refractivity contribution is -0.127. The van der Waals surface area contributed by atoms with Crippen LogP contribution in [0.15, 0.2) is 29.1 Å². The maximum absolute atomic E-state index is 12.9. The minimum atomic E-state index is -0.566. The van der Waals surface area contributed by atoms with Gasteiger partial charge in [0, 0.05) is 31.4 Å². The standard InChI is InChI=1S/C18H23N5O3/c24-17-15(9-13-10-19-12-21-13)23(8-5-20-17)18(25)16-4-3-14(26-16)11-22-6-1-2-7-22/h3-4,10,12,15H,1-2,5-9,11H2,(H,19,21)(H,20,24). The summed E-state index contributed by atoms with van der Waals surface area (Å²) in [6.07, 6.45) is 6.07. The number of H-pyrrole nitrogens is 1. The van der Waals surface area contributed by atoms with Gasteiger partial charge in [0.2, 0.25) is 5.91 Å². The molecule has 0 aliphatic carbocycles. The van der Waals surface area contributed by atoms with Gasteiger partial charge in [-0.15, -0.1) is 0 Å². The van der Waals surface area contributed by atoms with Gasteiger partial charge in [0.05, 0.1) is 12.9 Å². The van der Waals surface area contributed by atoms with Gasteiger partial charge in [0.15, 0.2) is 5.76 Å². The van der Waals surface area contributed by atoms with E-state index in [9.17, 15) is 9.59 Å². The van der Waals surface area contributed by atoms with Crippen molar-refractivity contribution in [2.75, 3.05) is 26.2 Å². The number of likely N-dealkylation sites (tertiary alicyclic amines) is 1. The van der Waals surface area contributed by atoms with Crippen LogP contribution in [0.4, 0.5) is 0 Å². The second-order valence-electron chi connectivity index (χ2n) is 6.84. The van der Waals surface area contributed by atoms with E-state index < -0.39 is 6.04 Å². The molecule has 4 heterocycles. The summed E-state index contributed by atoms with van der Waals surface area (Å²) in [7, 11) is 0. The maximum Gasteiger partial charge on any atom is 0.290 e. The molecule has 0 spiro atoms. The Morgan fingerprint density at radius 2 is 2.12 bits per heavy atom. The van der Waals surface area contributed by atoms with Crippen molar-refractivity contribution >= 4 is 11.8 Å². The molecule has 2 aromatic rings. The third kappa shape index (κ3) is 3.50. The van der Waals surface area contributed by atoms with Gasteiger partial charge in [-0.1, -0.05) is 0 Å². The minimum Gasteiger partial charge on any atom is -0.455 e. The number of nitrogens with zero attached hydrogens (tertiary/aromatic N) is 3. The third-order valence-corrected chi connectivity index (χ3v) is 5.01. The molecule has 138 valence electrons. The van der Waals surface area contributed by atoms with E-state index in [1.807, 2.05) is 6.07 Å². The summed E-state index contributed by atoms with van der Waals surface area (Å²) in [6.45, 7) is 3.79. The van der Waals surface area contributed by atoms with Gasteiger partial charge >= 0.3 is 0 Å². The number of amides is 2. The summed E-state index contributed by atoms with van der Waals surface area (Å²) in [5.41, 5.74) is 0.819. The number of piperazine rings is 1. The Bertz CT molecular complexity index is 764. The SMILES string of the molecule is O=C1NCCN(C(=O)c2ccc(CN3CCCC3)o2)C1Cc1cnc[nH]1. The highest BCUT2D eigenvalue weighted by Crippen LogP contribution is 2.19. The zero-order valence-electron chi connectivity index (χ0n) is 14.6. The Morgan fingerprint density at radius 3 is 2.88 bits per heavy atom. The highest BCUT2D eigenvalue weighted by Gasteiger charge is 2.35. The molecular weight excluding hydrogens is 334 g/mol. The van der Waals surface area contributed by atoms with E-state index in [0.29, 0.717) is 25.3 Å². The van der Waals surface area contributed by atoms with E-state index in [0.717, 1.165) is 31.1 Å². The number of hydrogen-bond donors (Lipinski definition) is 2. The quantitative estimate of drug-likeness (QED) is 0.825. The van der Waals surface area contributed by atoms with Crippen molar-refractivity contribution in [3.8, 4) is 0 Å². The first kappa shape index (κ1) is 16.8. The van der Waals surface area contributed by atoms with Gasteiger partial charge < -0.3 is 19.6 Å². The fourth-order valence-corrected chi connectivity index (χ4v) is 3.65. The fraction of sp³-hybridized carbons (Fsp3) is 0.500. The van der Waals surface area contributed by atoms with Gasteiger partial charge in [-0.2, -0.15) is 0 Å². The lowest BCUT2D eigenvalue weighted by atomic mass is 10.1. The van der Waals surface area contributed by atoms with E-state index in [1.54, 1.807) is 23.5 Å². The first-order chi connectivity index (χ1) is 12.7. The molecule has 26 heavy (non-hydrogen) atoms. The Morgan fingerprint density at radius 1 is 1.27 bits per heavy atom. The first-order valence-corrected chi connectivity index (χ1v) is 9.08. The molecule has 8 nitrogen and oxygen atoms in total. The van der Waals surface area contributed by atoms with Crippen LogP contribution in [0.5, 0.6) is 0 Å². The molecule has 2 N–H and O–H groups in total. The predicted molar refractivity (Wildman–Crippen MR) is 93.3 cm³/mol. The monoisotopic (exact) mass is 357 g/mol. The van der Waals surface area contributed by atoms with Crippen LogP contribution in [-0.4, -0.2) is 63.8 Å². The molecule has 2 fully saturated rings. The number of nitrogens with one attached hydrogen (secondary N) is 2. The molecule has 2 aromatic heterocycles. The number of imidazole rings is 1. The van der Waals surface area contributed by atoms with E-state index >= 15 is 0 Å². The molecule has 8 heteroatoms. The average Bonchev–Trinajstić information content (AvgIpc) is 3.39. The predicted octanol–water partition coefficient (Wildman–Crippen LogP) is 0.782. The highest BCUT2D eigenvalue weighted by molar-refractivity contribution is 5.96. The normalized spacial score (nSPS) is 21.2. The number of aromatic amines is 1. The van der Waals surface area contributed by atoms with Gasteiger partial charge in [-0.3, -0.25) is 14.5 Å². The van der Waals surface area contributed by atoms with Crippen LogP contribution >= 0.6 is 0 Å². The lowest BCUT2D eigenvalue weighted by Gasteiger charge is -2.34. The van der Waals surface area contributed by atoms with Gasteiger partial charge in [-0.05, 0) is 38.1 Å². The molecule has 1 unspecified atom stereocenters. The molecule has 0 aromatic carbocycles. The summed E-state index contributed by atoms with van der Waals surface area (Å²) >= 11 is 0. The van der Waals surface area contributed by atoms with Crippen LogP contribution in [0.25, 0.3) is 0 Å². The zero-order valence-corrected chi connectivity index (χ0v) is 14.6. The van der Waals surface area contributed by atoms with Crippen molar-refractivity contribution in [1.29, 1.82) is 0 Å². The molecule has 0 saturated carbocycles. The number of furan rings is 1. The zero-order chi connectivity index (χ0) is 17.9. The van der Waals surface area contributed by atoms with E-state index in [2.05, 4.69) is 20.2 Å². The van der Waals surface area contributed by atoms with Crippen molar-refractivity contribution in [2.45, 2.75) is 31.8 Å². The minimum absolute atomic E-state index is 0.150. The summed E-state index contributed by atoms with van der Waals surface area (Å²) in [6, 6.07) is 3.01. The molecule has 0 bridgehead atoms.